The van der Waals surface area contributed by atoms with E-state index >= 15 is 0 Å². The highest BCUT2D eigenvalue weighted by Gasteiger charge is 2.25. The van der Waals surface area contributed by atoms with Gasteiger partial charge in [-0.25, -0.2) is 4.39 Å². The number of halogens is 2. The fourth-order valence-corrected chi connectivity index (χ4v) is 4.15. The highest BCUT2D eigenvalue weighted by molar-refractivity contribution is 6.30. The van der Waals surface area contributed by atoms with Crippen molar-refractivity contribution >= 4 is 34.2 Å². The van der Waals surface area contributed by atoms with Crippen LogP contribution in [0.4, 0.5) is 10.1 Å². The van der Waals surface area contributed by atoms with Gasteiger partial charge < -0.3 is 9.32 Å². The van der Waals surface area contributed by atoms with Crippen molar-refractivity contribution in [2.75, 3.05) is 11.4 Å². The smallest absolute Gasteiger partial charge is 0.231 e. The first-order valence-corrected chi connectivity index (χ1v) is 9.66. The lowest BCUT2D eigenvalue weighted by Crippen LogP contribution is -2.30. The van der Waals surface area contributed by atoms with E-state index in [4.69, 9.17) is 16.0 Å². The number of fused-ring (bicyclic) bond motifs is 2. The molecule has 0 radical (unpaired) electrons. The topological polar surface area (TPSA) is 46.3 Å². The van der Waals surface area contributed by atoms with Crippen molar-refractivity contribution in [3.63, 3.8) is 0 Å². The molecule has 0 N–H and O–H groups in total. The van der Waals surface area contributed by atoms with Gasteiger partial charge in [-0.3, -0.25) is 9.78 Å². The molecule has 29 heavy (non-hydrogen) atoms. The van der Waals surface area contributed by atoms with Crippen LogP contribution >= 0.6 is 11.6 Å². The minimum Gasteiger partial charge on any atom is -0.464 e. The number of nitrogens with zero attached hydrogens (tertiary/aromatic N) is 2. The summed E-state index contributed by atoms with van der Waals surface area (Å²) in [6.07, 6.45) is 6.11. The van der Waals surface area contributed by atoms with Crippen molar-refractivity contribution in [1.82, 2.24) is 4.98 Å². The zero-order valence-electron chi connectivity index (χ0n) is 15.4. The van der Waals surface area contributed by atoms with E-state index < -0.39 is 5.82 Å². The van der Waals surface area contributed by atoms with Crippen LogP contribution in [-0.2, 0) is 17.6 Å². The van der Waals surface area contributed by atoms with Gasteiger partial charge in [0.2, 0.25) is 5.91 Å². The quantitative estimate of drug-likeness (QED) is 0.456. The van der Waals surface area contributed by atoms with Crippen LogP contribution in [0.1, 0.15) is 11.1 Å². The van der Waals surface area contributed by atoms with Gasteiger partial charge in [0, 0.05) is 40.6 Å². The summed E-state index contributed by atoms with van der Waals surface area (Å²) in [6.45, 7) is 0.606. The Morgan fingerprint density at radius 2 is 2.10 bits per heavy atom. The summed E-state index contributed by atoms with van der Waals surface area (Å²) in [5.74, 6) is -0.510. The number of pyridine rings is 1. The van der Waals surface area contributed by atoms with Crippen LogP contribution < -0.4 is 4.90 Å². The Hall–Kier alpha value is -3.18. The van der Waals surface area contributed by atoms with Gasteiger partial charge in [0.15, 0.2) is 0 Å². The van der Waals surface area contributed by atoms with Gasteiger partial charge in [-0.1, -0.05) is 17.7 Å². The molecule has 6 heteroatoms. The van der Waals surface area contributed by atoms with Gasteiger partial charge >= 0.3 is 0 Å². The molecular weight excluding hydrogens is 391 g/mol. The van der Waals surface area contributed by atoms with E-state index in [1.54, 1.807) is 29.6 Å². The zero-order chi connectivity index (χ0) is 20.0. The fraction of sp³-hybridized carbons (Fsp3) is 0.130. The predicted molar refractivity (Wildman–Crippen MR) is 111 cm³/mol. The highest BCUT2D eigenvalue weighted by atomic mass is 35.5. The second kappa shape index (κ2) is 7.01. The van der Waals surface area contributed by atoms with E-state index in [0.717, 1.165) is 39.8 Å². The van der Waals surface area contributed by atoms with Crippen LogP contribution in [0.3, 0.4) is 0 Å². The first-order valence-electron chi connectivity index (χ1n) is 9.28. The number of amides is 1. The second-order valence-electron chi connectivity index (χ2n) is 7.11. The highest BCUT2D eigenvalue weighted by Crippen LogP contribution is 2.36. The first kappa shape index (κ1) is 17.9. The number of carbonyl (C=O) groups is 1. The van der Waals surface area contributed by atoms with Crippen LogP contribution in [0.15, 0.2) is 65.5 Å². The van der Waals surface area contributed by atoms with Crippen LogP contribution in [-0.4, -0.2) is 17.4 Å². The molecule has 0 aliphatic carbocycles. The van der Waals surface area contributed by atoms with E-state index in [-0.39, 0.29) is 12.3 Å². The minimum atomic E-state index is -0.436. The molecule has 3 heterocycles. The van der Waals surface area contributed by atoms with Gasteiger partial charge in [0.25, 0.3) is 0 Å². The van der Waals surface area contributed by atoms with E-state index in [1.165, 1.54) is 12.1 Å². The number of rotatable bonds is 3. The summed E-state index contributed by atoms with van der Waals surface area (Å²) in [7, 11) is 0. The lowest BCUT2D eigenvalue weighted by Gasteiger charge is -2.18. The molecule has 0 saturated carbocycles. The molecule has 1 amide bonds. The Balaban J connectivity index is 1.42. The van der Waals surface area contributed by atoms with Gasteiger partial charge in [0.05, 0.1) is 12.7 Å². The normalized spacial score (nSPS) is 13.1. The van der Waals surface area contributed by atoms with Crippen LogP contribution in [0.2, 0.25) is 5.02 Å². The molecular formula is C23H16ClFN2O2. The number of carbonyl (C=O) groups excluding carboxylic acids is 1. The third-order valence-electron chi connectivity index (χ3n) is 5.24. The molecule has 0 atom stereocenters. The number of aromatic nitrogens is 1. The van der Waals surface area contributed by atoms with Crippen molar-refractivity contribution in [3.05, 3.63) is 83.1 Å². The largest absolute Gasteiger partial charge is 0.464 e. The fourth-order valence-electron chi connectivity index (χ4n) is 3.91. The third kappa shape index (κ3) is 3.28. The molecule has 0 spiro atoms. The minimum absolute atomic E-state index is 0.0730. The van der Waals surface area contributed by atoms with E-state index in [9.17, 15) is 9.18 Å². The summed E-state index contributed by atoms with van der Waals surface area (Å²) in [6, 6.07) is 12.1. The summed E-state index contributed by atoms with van der Waals surface area (Å²) in [5, 5.41) is 1.25. The van der Waals surface area contributed by atoms with E-state index in [0.29, 0.717) is 17.1 Å². The number of hydrogen-bond donors (Lipinski definition) is 0. The van der Waals surface area contributed by atoms with E-state index in [2.05, 4.69) is 11.1 Å². The molecule has 0 fully saturated rings. The molecule has 0 bridgehead atoms. The number of anilines is 1. The molecule has 0 saturated heterocycles. The molecule has 2 aromatic heterocycles. The maximum atomic E-state index is 13.6. The number of furan rings is 1. The van der Waals surface area contributed by atoms with Gasteiger partial charge in [-0.2, -0.15) is 0 Å². The van der Waals surface area contributed by atoms with Crippen molar-refractivity contribution in [3.8, 4) is 11.1 Å². The zero-order valence-corrected chi connectivity index (χ0v) is 16.1. The first-order chi connectivity index (χ1) is 14.1. The van der Waals surface area contributed by atoms with Gasteiger partial charge in [0.1, 0.15) is 11.4 Å². The summed E-state index contributed by atoms with van der Waals surface area (Å²) >= 11 is 5.91. The Kier molecular flexibility index (Phi) is 4.32. The SMILES string of the molecule is O=C(Cc1cc(F)cc(Cl)c1)N1CCc2cc(-c3coc4ccncc34)ccc21. The molecule has 2 aromatic carbocycles. The molecule has 5 rings (SSSR count). The maximum Gasteiger partial charge on any atom is 0.231 e. The molecule has 4 nitrogen and oxygen atoms in total. The van der Waals surface area contributed by atoms with Gasteiger partial charge in [-0.15, -0.1) is 0 Å². The molecule has 144 valence electrons. The maximum absolute atomic E-state index is 13.6. The van der Waals surface area contributed by atoms with Crippen molar-refractivity contribution in [1.29, 1.82) is 0 Å². The molecule has 1 aliphatic heterocycles. The Bertz CT molecular complexity index is 1230. The number of hydrogen-bond acceptors (Lipinski definition) is 3. The number of benzene rings is 2. The summed E-state index contributed by atoms with van der Waals surface area (Å²) in [4.78, 5) is 18.8. The Morgan fingerprint density at radius 1 is 1.21 bits per heavy atom. The molecule has 4 aromatic rings. The molecule has 0 unspecified atom stereocenters. The van der Waals surface area contributed by atoms with E-state index in [1.807, 2.05) is 18.2 Å². The van der Waals surface area contributed by atoms with Crippen LogP contribution in [0.25, 0.3) is 22.1 Å². The Morgan fingerprint density at radius 3 is 2.97 bits per heavy atom. The lowest BCUT2D eigenvalue weighted by molar-refractivity contribution is -0.117. The average Bonchev–Trinajstić information content (AvgIpc) is 3.31. The lowest BCUT2D eigenvalue weighted by atomic mass is 10.0. The van der Waals surface area contributed by atoms with Crippen LogP contribution in [0, 0.1) is 5.82 Å². The second-order valence-corrected chi connectivity index (χ2v) is 7.55. The van der Waals surface area contributed by atoms with Crippen molar-refractivity contribution in [2.24, 2.45) is 0 Å². The third-order valence-corrected chi connectivity index (χ3v) is 5.46. The van der Waals surface area contributed by atoms with Gasteiger partial charge in [-0.05, 0) is 59.5 Å². The van der Waals surface area contributed by atoms with Crippen molar-refractivity contribution in [2.45, 2.75) is 12.8 Å². The standard InChI is InChI=1S/C23H16ClFN2O2/c24-17-7-14(8-18(25)11-17)9-23(28)27-6-4-16-10-15(1-2-21(16)27)20-13-29-22-3-5-26-12-19(20)22/h1-3,5,7-8,10-13H,4,6,9H2. The average molecular weight is 407 g/mol. The monoisotopic (exact) mass is 406 g/mol. The van der Waals surface area contributed by atoms with Crippen LogP contribution in [0.5, 0.6) is 0 Å². The summed E-state index contributed by atoms with van der Waals surface area (Å²) < 4.78 is 19.2. The molecule has 1 aliphatic rings. The van der Waals surface area contributed by atoms with Crippen molar-refractivity contribution < 1.29 is 13.6 Å². The Labute approximate surface area is 171 Å². The summed E-state index contributed by atoms with van der Waals surface area (Å²) in [5.41, 5.74) is 5.37. The predicted octanol–water partition coefficient (Wildman–Crippen LogP) is 5.42.